The third-order valence-electron chi connectivity index (χ3n) is 4.00. The zero-order valence-corrected chi connectivity index (χ0v) is 17.8. The lowest BCUT2D eigenvalue weighted by Crippen LogP contribution is -2.29. The maximum Gasteiger partial charge on any atom is 0.323 e. The molecule has 0 fully saturated rings. The number of benzene rings is 2. The normalized spacial score (nSPS) is 10.5. The third kappa shape index (κ3) is 6.20. The van der Waals surface area contributed by atoms with Gasteiger partial charge in [-0.2, -0.15) is 0 Å². The van der Waals surface area contributed by atoms with E-state index in [4.69, 9.17) is 0 Å². The maximum atomic E-state index is 12.6. The summed E-state index contributed by atoms with van der Waals surface area (Å²) < 4.78 is 0. The molecule has 0 aliphatic heterocycles. The van der Waals surface area contributed by atoms with Crippen LogP contribution in [-0.2, 0) is 0 Å². The van der Waals surface area contributed by atoms with E-state index in [0.717, 1.165) is 10.6 Å². The number of thioether (sulfide) groups is 1. The van der Waals surface area contributed by atoms with Gasteiger partial charge in [-0.3, -0.25) is 4.79 Å². The number of hydrogen-bond acceptors (Lipinski definition) is 4. The van der Waals surface area contributed by atoms with E-state index in [1.807, 2.05) is 69.4 Å². The fourth-order valence-corrected chi connectivity index (χ4v) is 2.95. The Kier molecular flexibility index (Phi) is 7.75. The number of urea groups is 1. The molecule has 0 saturated carbocycles. The first-order valence-corrected chi connectivity index (χ1v) is 10.3. The molecule has 0 aliphatic rings. The molecule has 3 amide bonds. The number of amides is 3. The number of nitrogens with one attached hydrogen (secondary N) is 3. The number of carbonyl (C=O) groups is 2. The molecule has 150 valence electrons. The van der Waals surface area contributed by atoms with Gasteiger partial charge >= 0.3 is 6.03 Å². The van der Waals surface area contributed by atoms with Gasteiger partial charge in [-0.25, -0.2) is 4.79 Å². The molecule has 0 spiro atoms. The van der Waals surface area contributed by atoms with Gasteiger partial charge in [0, 0.05) is 42.6 Å². The van der Waals surface area contributed by atoms with Gasteiger partial charge in [0.1, 0.15) is 0 Å². The van der Waals surface area contributed by atoms with Crippen LogP contribution in [-0.4, -0.2) is 38.8 Å². The lowest BCUT2D eigenvalue weighted by atomic mass is 10.1. The summed E-state index contributed by atoms with van der Waals surface area (Å²) in [4.78, 5) is 27.9. The highest BCUT2D eigenvalue weighted by molar-refractivity contribution is 7.98. The van der Waals surface area contributed by atoms with Crippen molar-refractivity contribution in [2.24, 2.45) is 5.92 Å². The van der Waals surface area contributed by atoms with E-state index >= 15 is 0 Å². The molecular weight excluding hydrogens is 372 g/mol. The van der Waals surface area contributed by atoms with Crippen molar-refractivity contribution < 1.29 is 9.59 Å². The van der Waals surface area contributed by atoms with E-state index in [2.05, 4.69) is 16.0 Å². The van der Waals surface area contributed by atoms with Crippen LogP contribution >= 0.6 is 11.8 Å². The SMILES string of the molecule is CSc1ccc(NC(=O)Nc2ccc(N(C)C)c(C(=O)NCC(C)C)c2)cc1. The van der Waals surface area contributed by atoms with Crippen molar-refractivity contribution in [2.75, 3.05) is 42.4 Å². The van der Waals surface area contributed by atoms with Crippen LogP contribution in [0.15, 0.2) is 47.4 Å². The highest BCUT2D eigenvalue weighted by Crippen LogP contribution is 2.23. The number of carbonyl (C=O) groups excluding carboxylic acids is 2. The van der Waals surface area contributed by atoms with E-state index in [1.54, 1.807) is 23.9 Å². The molecule has 2 aromatic carbocycles. The van der Waals surface area contributed by atoms with Crippen LogP contribution < -0.4 is 20.9 Å². The Morgan fingerprint density at radius 3 is 2.18 bits per heavy atom. The molecule has 6 nitrogen and oxygen atoms in total. The molecule has 28 heavy (non-hydrogen) atoms. The number of hydrogen-bond donors (Lipinski definition) is 3. The van der Waals surface area contributed by atoms with Crippen LogP contribution in [0.4, 0.5) is 21.9 Å². The Bertz CT molecular complexity index is 820. The van der Waals surface area contributed by atoms with Gasteiger partial charge in [-0.05, 0) is 54.6 Å². The predicted octanol–water partition coefficient (Wildman–Crippen LogP) is 4.50. The van der Waals surface area contributed by atoms with E-state index in [9.17, 15) is 9.59 Å². The van der Waals surface area contributed by atoms with Gasteiger partial charge in [-0.1, -0.05) is 13.8 Å². The van der Waals surface area contributed by atoms with Gasteiger partial charge in [0.15, 0.2) is 0 Å². The molecule has 3 N–H and O–H groups in total. The zero-order valence-electron chi connectivity index (χ0n) is 17.0. The highest BCUT2D eigenvalue weighted by atomic mass is 32.2. The molecule has 2 rings (SSSR count). The molecule has 0 bridgehead atoms. The lowest BCUT2D eigenvalue weighted by molar-refractivity contribution is 0.0949. The van der Waals surface area contributed by atoms with Crippen LogP contribution in [0, 0.1) is 5.92 Å². The largest absolute Gasteiger partial charge is 0.377 e. The maximum absolute atomic E-state index is 12.6. The molecular formula is C21H28N4O2S. The number of nitrogens with zero attached hydrogens (tertiary/aromatic N) is 1. The molecule has 0 aliphatic carbocycles. The van der Waals surface area contributed by atoms with Crippen LogP contribution in [0.2, 0.25) is 0 Å². The minimum absolute atomic E-state index is 0.158. The third-order valence-corrected chi connectivity index (χ3v) is 4.74. The Labute approximate surface area is 171 Å². The van der Waals surface area contributed by atoms with Crippen molar-refractivity contribution in [1.82, 2.24) is 5.32 Å². The first kappa shape index (κ1) is 21.6. The Hall–Kier alpha value is -2.67. The summed E-state index contributed by atoms with van der Waals surface area (Å²) in [5, 5.41) is 8.52. The summed E-state index contributed by atoms with van der Waals surface area (Å²) >= 11 is 1.64. The molecule has 0 aromatic heterocycles. The van der Waals surface area contributed by atoms with Crippen molar-refractivity contribution in [3.05, 3.63) is 48.0 Å². The van der Waals surface area contributed by atoms with Crippen molar-refractivity contribution in [2.45, 2.75) is 18.7 Å². The van der Waals surface area contributed by atoms with E-state index in [1.165, 1.54) is 0 Å². The highest BCUT2D eigenvalue weighted by Gasteiger charge is 2.15. The molecule has 0 heterocycles. The molecule has 0 radical (unpaired) electrons. The second-order valence-corrected chi connectivity index (χ2v) is 7.92. The van der Waals surface area contributed by atoms with Crippen molar-refractivity contribution in [1.29, 1.82) is 0 Å². The van der Waals surface area contributed by atoms with E-state index in [-0.39, 0.29) is 11.9 Å². The number of rotatable bonds is 7. The van der Waals surface area contributed by atoms with E-state index in [0.29, 0.717) is 29.4 Å². The summed E-state index contributed by atoms with van der Waals surface area (Å²) in [6.07, 6.45) is 2.00. The van der Waals surface area contributed by atoms with Crippen molar-refractivity contribution in [3.8, 4) is 0 Å². The van der Waals surface area contributed by atoms with Gasteiger partial charge in [-0.15, -0.1) is 11.8 Å². The fourth-order valence-electron chi connectivity index (χ4n) is 2.55. The number of anilines is 3. The first-order chi connectivity index (χ1) is 13.3. The summed E-state index contributed by atoms with van der Waals surface area (Å²) in [5.41, 5.74) is 2.57. The summed E-state index contributed by atoms with van der Waals surface area (Å²) in [6.45, 7) is 4.68. The predicted molar refractivity (Wildman–Crippen MR) is 119 cm³/mol. The second kappa shape index (κ2) is 10.0. The van der Waals surface area contributed by atoms with Crippen molar-refractivity contribution >= 4 is 40.8 Å². The monoisotopic (exact) mass is 400 g/mol. The summed E-state index contributed by atoms with van der Waals surface area (Å²) in [7, 11) is 3.76. The average Bonchev–Trinajstić information content (AvgIpc) is 2.66. The van der Waals surface area contributed by atoms with Crippen LogP contribution in [0.5, 0.6) is 0 Å². The second-order valence-electron chi connectivity index (χ2n) is 7.04. The van der Waals surface area contributed by atoms with Crippen LogP contribution in [0.25, 0.3) is 0 Å². The van der Waals surface area contributed by atoms with Gasteiger partial charge < -0.3 is 20.9 Å². The minimum atomic E-state index is -0.358. The summed E-state index contributed by atoms with van der Waals surface area (Å²) in [6, 6.07) is 12.5. The zero-order chi connectivity index (χ0) is 20.7. The smallest absolute Gasteiger partial charge is 0.323 e. The average molecular weight is 401 g/mol. The molecule has 2 aromatic rings. The quantitative estimate of drug-likeness (QED) is 0.598. The first-order valence-electron chi connectivity index (χ1n) is 9.11. The van der Waals surface area contributed by atoms with Gasteiger partial charge in [0.2, 0.25) is 0 Å². The fraction of sp³-hybridized carbons (Fsp3) is 0.333. The Morgan fingerprint density at radius 1 is 1.00 bits per heavy atom. The minimum Gasteiger partial charge on any atom is -0.377 e. The molecule has 0 atom stereocenters. The van der Waals surface area contributed by atoms with Crippen LogP contribution in [0.1, 0.15) is 24.2 Å². The topological polar surface area (TPSA) is 73.5 Å². The summed E-state index contributed by atoms with van der Waals surface area (Å²) in [5.74, 6) is 0.199. The van der Waals surface area contributed by atoms with Gasteiger partial charge in [0.05, 0.1) is 5.56 Å². The molecule has 7 heteroatoms. The van der Waals surface area contributed by atoms with E-state index < -0.39 is 0 Å². The Balaban J connectivity index is 2.12. The molecule has 0 saturated heterocycles. The van der Waals surface area contributed by atoms with Crippen molar-refractivity contribution in [3.63, 3.8) is 0 Å². The molecule has 0 unspecified atom stereocenters. The lowest BCUT2D eigenvalue weighted by Gasteiger charge is -2.19. The van der Waals surface area contributed by atoms with Crippen LogP contribution in [0.3, 0.4) is 0 Å². The standard InChI is InChI=1S/C21H28N4O2S/c1-14(2)13-22-20(26)18-12-16(8-11-19(18)25(3)4)24-21(27)23-15-6-9-17(28-5)10-7-15/h6-12,14H,13H2,1-5H3,(H,22,26)(H2,23,24,27). The van der Waals surface area contributed by atoms with Gasteiger partial charge in [0.25, 0.3) is 5.91 Å². The Morgan fingerprint density at radius 2 is 1.61 bits per heavy atom.